The van der Waals surface area contributed by atoms with E-state index in [0.29, 0.717) is 5.75 Å². The summed E-state index contributed by atoms with van der Waals surface area (Å²) in [5.41, 5.74) is 0. The molecule has 0 atom stereocenters. The predicted molar refractivity (Wildman–Crippen MR) is 79.4 cm³/mol. The van der Waals surface area contributed by atoms with Crippen LogP contribution in [0.15, 0.2) is 42.2 Å². The highest BCUT2D eigenvalue weighted by molar-refractivity contribution is 7.48. The van der Waals surface area contributed by atoms with Crippen molar-refractivity contribution in [3.05, 3.63) is 42.2 Å². The number of rotatable bonds is 9. The Morgan fingerprint density at radius 1 is 1.14 bits per heavy atom. The van der Waals surface area contributed by atoms with Crippen LogP contribution in [0.2, 0.25) is 0 Å². The molecule has 0 aliphatic heterocycles. The van der Waals surface area contributed by atoms with Gasteiger partial charge in [-0.1, -0.05) is 18.2 Å². The third kappa shape index (κ3) is 6.76. The first-order valence-electron chi connectivity index (χ1n) is 6.43. The average Bonchev–Trinajstić information content (AvgIpc) is 2.52. The molecule has 0 unspecified atom stereocenters. The molecule has 0 aromatic heterocycles. The maximum atomic E-state index is 11.7. The molecule has 1 aromatic carbocycles. The summed E-state index contributed by atoms with van der Waals surface area (Å²) < 4.78 is 36.1. The molecule has 1 rings (SSSR count). The topological polar surface area (TPSA) is 80.3 Å². The Morgan fingerprint density at radius 2 is 1.77 bits per heavy atom. The maximum absolute atomic E-state index is 11.7. The minimum atomic E-state index is -3.67. The number of ether oxygens (including phenoxy) is 2. The molecule has 8 heteroatoms. The van der Waals surface area contributed by atoms with Crippen molar-refractivity contribution in [3.63, 3.8) is 0 Å². The molecule has 122 valence electrons. The quantitative estimate of drug-likeness (QED) is 0.226. The van der Waals surface area contributed by atoms with Gasteiger partial charge in [-0.05, 0) is 19.1 Å². The summed E-state index contributed by atoms with van der Waals surface area (Å²) in [6.07, 6.45) is 1.05. The van der Waals surface area contributed by atoms with Crippen LogP contribution in [-0.4, -0.2) is 33.4 Å². The summed E-state index contributed by atoms with van der Waals surface area (Å²) in [6.45, 7) is 1.73. The lowest BCUT2D eigenvalue weighted by molar-refractivity contribution is -0.138. The Hall–Kier alpha value is -1.82. The van der Waals surface area contributed by atoms with Crippen LogP contribution in [0, 0.1) is 0 Å². The lowest BCUT2D eigenvalue weighted by Crippen LogP contribution is -2.11. The summed E-state index contributed by atoms with van der Waals surface area (Å²) in [5, 5.41) is 0. The fourth-order valence-corrected chi connectivity index (χ4v) is 2.08. The van der Waals surface area contributed by atoms with Crippen molar-refractivity contribution >= 4 is 13.8 Å². The SMILES string of the molecule is COP(=O)(OC)OC(C)=CC(=O)OCCOc1ccccc1. The van der Waals surface area contributed by atoms with E-state index in [1.54, 1.807) is 12.1 Å². The fourth-order valence-electron chi connectivity index (χ4n) is 1.38. The van der Waals surface area contributed by atoms with Crippen LogP contribution < -0.4 is 4.74 Å². The van der Waals surface area contributed by atoms with Gasteiger partial charge in [0.1, 0.15) is 24.7 Å². The van der Waals surface area contributed by atoms with Crippen molar-refractivity contribution in [2.45, 2.75) is 6.92 Å². The third-order valence-electron chi connectivity index (χ3n) is 2.36. The zero-order valence-corrected chi connectivity index (χ0v) is 13.6. The van der Waals surface area contributed by atoms with E-state index in [1.165, 1.54) is 21.1 Å². The van der Waals surface area contributed by atoms with Crippen LogP contribution in [-0.2, 0) is 27.7 Å². The van der Waals surface area contributed by atoms with Crippen LogP contribution in [0.4, 0.5) is 0 Å². The number of phosphoric ester groups is 1. The molecular weight excluding hydrogens is 311 g/mol. The van der Waals surface area contributed by atoms with E-state index in [2.05, 4.69) is 9.05 Å². The van der Waals surface area contributed by atoms with E-state index in [9.17, 15) is 9.36 Å². The molecule has 0 amide bonds. The first-order valence-corrected chi connectivity index (χ1v) is 7.89. The van der Waals surface area contributed by atoms with Gasteiger partial charge in [0.15, 0.2) is 0 Å². The van der Waals surface area contributed by atoms with Crippen LogP contribution in [0.1, 0.15) is 6.92 Å². The smallest absolute Gasteiger partial charge is 0.490 e. The zero-order chi connectivity index (χ0) is 16.4. The van der Waals surface area contributed by atoms with Crippen molar-refractivity contribution < 1.29 is 32.4 Å². The van der Waals surface area contributed by atoms with Gasteiger partial charge >= 0.3 is 13.8 Å². The minimum absolute atomic E-state index is 0.0565. The van der Waals surface area contributed by atoms with Crippen LogP contribution in [0.3, 0.4) is 0 Å². The molecule has 22 heavy (non-hydrogen) atoms. The number of benzene rings is 1. The van der Waals surface area contributed by atoms with Crippen molar-refractivity contribution in [1.82, 2.24) is 0 Å². The summed E-state index contributed by atoms with van der Waals surface area (Å²) in [6, 6.07) is 9.15. The fraction of sp³-hybridized carbons (Fsp3) is 0.357. The molecule has 0 saturated carbocycles. The second kappa shape index (κ2) is 9.25. The molecule has 1 aromatic rings. The molecule has 0 radical (unpaired) electrons. The molecule has 0 heterocycles. The molecule has 0 aliphatic rings. The second-order valence-electron chi connectivity index (χ2n) is 3.99. The highest BCUT2D eigenvalue weighted by Crippen LogP contribution is 2.49. The van der Waals surface area contributed by atoms with Gasteiger partial charge in [-0.25, -0.2) is 9.36 Å². The van der Waals surface area contributed by atoms with E-state index in [1.807, 2.05) is 18.2 Å². The largest absolute Gasteiger partial charge is 0.529 e. The molecule has 0 saturated heterocycles. The summed E-state index contributed by atoms with van der Waals surface area (Å²) in [7, 11) is -1.31. The van der Waals surface area contributed by atoms with E-state index in [0.717, 1.165) is 6.08 Å². The van der Waals surface area contributed by atoms with Crippen molar-refractivity contribution in [2.24, 2.45) is 0 Å². The molecule has 0 fully saturated rings. The van der Waals surface area contributed by atoms with Gasteiger partial charge in [0.25, 0.3) is 0 Å². The number of phosphoric acid groups is 1. The monoisotopic (exact) mass is 330 g/mol. The van der Waals surface area contributed by atoms with Gasteiger partial charge < -0.3 is 14.0 Å². The highest BCUT2D eigenvalue weighted by Gasteiger charge is 2.24. The van der Waals surface area contributed by atoms with Gasteiger partial charge in [0.2, 0.25) is 0 Å². The Labute approximate surface area is 129 Å². The van der Waals surface area contributed by atoms with E-state index >= 15 is 0 Å². The Kier molecular flexibility index (Phi) is 7.66. The highest BCUT2D eigenvalue weighted by atomic mass is 31.2. The number of hydrogen-bond donors (Lipinski definition) is 0. The predicted octanol–water partition coefficient (Wildman–Crippen LogP) is 2.93. The lowest BCUT2D eigenvalue weighted by Gasteiger charge is -2.14. The number of allylic oxidation sites excluding steroid dienone is 1. The minimum Gasteiger partial charge on any atom is -0.490 e. The lowest BCUT2D eigenvalue weighted by atomic mass is 10.3. The van der Waals surface area contributed by atoms with Crippen LogP contribution >= 0.6 is 7.82 Å². The molecule has 0 aliphatic carbocycles. The number of carbonyl (C=O) groups is 1. The molecule has 0 spiro atoms. The van der Waals surface area contributed by atoms with E-state index in [-0.39, 0.29) is 19.0 Å². The van der Waals surface area contributed by atoms with Gasteiger partial charge in [-0.2, -0.15) is 0 Å². The van der Waals surface area contributed by atoms with Crippen molar-refractivity contribution in [2.75, 3.05) is 27.4 Å². The number of hydrogen-bond acceptors (Lipinski definition) is 7. The van der Waals surface area contributed by atoms with Gasteiger partial charge in [0, 0.05) is 14.2 Å². The van der Waals surface area contributed by atoms with Gasteiger partial charge in [0.05, 0.1) is 6.08 Å². The molecular formula is C14H19O7P. The Morgan fingerprint density at radius 3 is 2.36 bits per heavy atom. The van der Waals surface area contributed by atoms with Crippen LogP contribution in [0.5, 0.6) is 5.75 Å². The maximum Gasteiger partial charge on any atom is 0.529 e. The van der Waals surface area contributed by atoms with Crippen molar-refractivity contribution in [1.29, 1.82) is 0 Å². The van der Waals surface area contributed by atoms with Gasteiger partial charge in [-0.15, -0.1) is 0 Å². The summed E-state index contributed by atoms with van der Waals surface area (Å²) >= 11 is 0. The van der Waals surface area contributed by atoms with E-state index < -0.39 is 13.8 Å². The zero-order valence-electron chi connectivity index (χ0n) is 12.7. The summed E-state index contributed by atoms with van der Waals surface area (Å²) in [4.78, 5) is 11.5. The number of carbonyl (C=O) groups excluding carboxylic acids is 1. The number of esters is 1. The normalized spacial score (nSPS) is 11.9. The van der Waals surface area contributed by atoms with E-state index in [4.69, 9.17) is 14.0 Å². The first kappa shape index (κ1) is 18.2. The molecule has 7 nitrogen and oxygen atoms in total. The van der Waals surface area contributed by atoms with Crippen LogP contribution in [0.25, 0.3) is 0 Å². The second-order valence-corrected chi connectivity index (χ2v) is 5.79. The Bertz CT molecular complexity index is 533. The standard InChI is InChI=1S/C14H19O7P/c1-12(21-22(16,17-2)18-3)11-14(15)20-10-9-19-13-7-5-4-6-8-13/h4-8,11H,9-10H2,1-3H3. The first-order chi connectivity index (χ1) is 10.5. The Balaban J connectivity index is 2.33. The number of para-hydroxylation sites is 1. The molecule has 0 N–H and O–H groups in total. The van der Waals surface area contributed by atoms with Gasteiger partial charge in [-0.3, -0.25) is 9.05 Å². The third-order valence-corrected chi connectivity index (χ3v) is 3.77. The molecule has 0 bridgehead atoms. The summed E-state index contributed by atoms with van der Waals surface area (Å²) in [5.74, 6) is 0.101. The van der Waals surface area contributed by atoms with Crippen molar-refractivity contribution in [3.8, 4) is 5.75 Å². The average molecular weight is 330 g/mol.